The van der Waals surface area contributed by atoms with Gasteiger partial charge < -0.3 is 19.6 Å². The number of hydrogen-bond acceptors (Lipinski definition) is 4. The molecule has 0 saturated carbocycles. The Morgan fingerprint density at radius 3 is 2.21 bits per heavy atom. The molecule has 0 saturated heterocycles. The third-order valence-electron chi connectivity index (χ3n) is 5.14. The summed E-state index contributed by atoms with van der Waals surface area (Å²) in [6.07, 6.45) is -0.713. The van der Waals surface area contributed by atoms with Crippen LogP contribution in [0.2, 0.25) is 0 Å². The Hall–Kier alpha value is -3.54. The number of furan rings is 1. The second kappa shape index (κ2) is 7.83. The van der Waals surface area contributed by atoms with Gasteiger partial charge in [-0.15, -0.1) is 0 Å². The largest absolute Gasteiger partial charge is 0.480 e. The zero-order valence-corrected chi connectivity index (χ0v) is 15.9. The van der Waals surface area contributed by atoms with Gasteiger partial charge in [0.25, 0.3) is 0 Å². The summed E-state index contributed by atoms with van der Waals surface area (Å²) in [6, 6.07) is 18.4. The van der Waals surface area contributed by atoms with Crippen molar-refractivity contribution in [1.82, 2.24) is 5.32 Å². The molecule has 1 amide bonds. The van der Waals surface area contributed by atoms with Crippen LogP contribution in [-0.2, 0) is 16.0 Å². The van der Waals surface area contributed by atoms with Gasteiger partial charge in [-0.05, 0) is 41.3 Å². The molecule has 148 valence electrons. The molecule has 1 atom stereocenters. The number of carbonyl (C=O) groups is 2. The average Bonchev–Trinajstić information content (AvgIpc) is 3.27. The molecule has 2 N–H and O–H groups in total. The molecule has 1 aliphatic carbocycles. The summed E-state index contributed by atoms with van der Waals surface area (Å²) < 4.78 is 10.8. The highest BCUT2D eigenvalue weighted by molar-refractivity contribution is 5.81. The Labute approximate surface area is 168 Å². The number of carbonyl (C=O) groups excluding carboxylic acids is 1. The zero-order valence-electron chi connectivity index (χ0n) is 15.9. The van der Waals surface area contributed by atoms with Crippen molar-refractivity contribution in [1.29, 1.82) is 0 Å². The van der Waals surface area contributed by atoms with Crippen molar-refractivity contribution < 1.29 is 23.8 Å². The van der Waals surface area contributed by atoms with Crippen molar-refractivity contribution in [3.05, 3.63) is 83.3 Å². The summed E-state index contributed by atoms with van der Waals surface area (Å²) in [5, 5.41) is 11.8. The van der Waals surface area contributed by atoms with E-state index in [0.29, 0.717) is 11.5 Å². The number of aryl methyl sites for hydroxylation is 1. The third kappa shape index (κ3) is 3.87. The Morgan fingerprint density at radius 1 is 1.03 bits per heavy atom. The highest BCUT2D eigenvalue weighted by Gasteiger charge is 2.30. The van der Waals surface area contributed by atoms with Crippen molar-refractivity contribution in [3.8, 4) is 11.1 Å². The van der Waals surface area contributed by atoms with Crippen LogP contribution in [0.25, 0.3) is 11.1 Å². The van der Waals surface area contributed by atoms with Crippen LogP contribution in [-0.4, -0.2) is 29.8 Å². The lowest BCUT2D eigenvalue weighted by molar-refractivity contribution is -0.139. The summed E-state index contributed by atoms with van der Waals surface area (Å²) in [6.45, 7) is 1.91. The van der Waals surface area contributed by atoms with Gasteiger partial charge in [-0.3, -0.25) is 0 Å². The van der Waals surface area contributed by atoms with Crippen molar-refractivity contribution in [2.45, 2.75) is 25.3 Å². The van der Waals surface area contributed by atoms with E-state index in [9.17, 15) is 14.7 Å². The summed E-state index contributed by atoms with van der Waals surface area (Å²) in [5.74, 6) is -0.0455. The van der Waals surface area contributed by atoms with Crippen LogP contribution in [0.5, 0.6) is 0 Å². The van der Waals surface area contributed by atoms with E-state index in [1.54, 1.807) is 19.1 Å². The maximum Gasteiger partial charge on any atom is 0.407 e. The summed E-state index contributed by atoms with van der Waals surface area (Å²) in [4.78, 5) is 23.8. The molecule has 4 rings (SSSR count). The van der Waals surface area contributed by atoms with Crippen molar-refractivity contribution >= 4 is 12.1 Å². The van der Waals surface area contributed by atoms with Crippen LogP contribution in [0.15, 0.2) is 65.1 Å². The molecule has 0 bridgehead atoms. The topological polar surface area (TPSA) is 88.8 Å². The standard InChI is InChI=1S/C23H21NO5/c1-14-10-11-15(29-14)12-21(22(25)26)24-23(27)28-13-20-18-8-4-2-6-16(18)17-7-3-5-9-19(17)20/h2-11,20-21H,12-13H2,1H3,(H,24,27)(H,25,26). The van der Waals surface area contributed by atoms with Crippen LogP contribution in [0.4, 0.5) is 4.79 Å². The van der Waals surface area contributed by atoms with Gasteiger partial charge in [0.05, 0.1) is 0 Å². The predicted molar refractivity (Wildman–Crippen MR) is 107 cm³/mol. The van der Waals surface area contributed by atoms with Crippen molar-refractivity contribution in [2.75, 3.05) is 6.61 Å². The average molecular weight is 391 g/mol. The molecule has 1 heterocycles. The first-order valence-electron chi connectivity index (χ1n) is 9.42. The van der Waals surface area contributed by atoms with Crippen LogP contribution >= 0.6 is 0 Å². The van der Waals surface area contributed by atoms with Crippen LogP contribution < -0.4 is 5.32 Å². The third-order valence-corrected chi connectivity index (χ3v) is 5.14. The van der Waals surface area contributed by atoms with E-state index >= 15 is 0 Å². The Morgan fingerprint density at radius 2 is 1.66 bits per heavy atom. The number of hydrogen-bond donors (Lipinski definition) is 2. The molecule has 0 spiro atoms. The Kier molecular flexibility index (Phi) is 5.08. The van der Waals surface area contributed by atoms with Crippen LogP contribution in [0, 0.1) is 6.92 Å². The number of fused-ring (bicyclic) bond motifs is 3. The SMILES string of the molecule is Cc1ccc(CC(NC(=O)OCC2c3ccccc3-c3ccccc32)C(=O)O)o1. The predicted octanol–water partition coefficient (Wildman–Crippen LogP) is 4.12. The number of nitrogens with one attached hydrogen (secondary N) is 1. The molecule has 0 fully saturated rings. The lowest BCUT2D eigenvalue weighted by Crippen LogP contribution is -2.42. The molecule has 2 aromatic carbocycles. The number of ether oxygens (including phenoxy) is 1. The second-order valence-corrected chi connectivity index (χ2v) is 7.08. The molecule has 3 aromatic rings. The number of amides is 1. The van der Waals surface area contributed by atoms with Gasteiger partial charge in [0.15, 0.2) is 0 Å². The fraction of sp³-hybridized carbons (Fsp3) is 0.217. The lowest BCUT2D eigenvalue weighted by Gasteiger charge is -2.17. The first kappa shape index (κ1) is 18.8. The highest BCUT2D eigenvalue weighted by Crippen LogP contribution is 2.44. The number of rotatable bonds is 6. The molecule has 1 aliphatic rings. The molecule has 29 heavy (non-hydrogen) atoms. The van der Waals surface area contributed by atoms with E-state index < -0.39 is 18.1 Å². The van der Waals surface area contributed by atoms with Crippen molar-refractivity contribution in [2.24, 2.45) is 0 Å². The van der Waals surface area contributed by atoms with E-state index in [2.05, 4.69) is 17.4 Å². The first-order valence-corrected chi connectivity index (χ1v) is 9.42. The summed E-state index contributed by atoms with van der Waals surface area (Å²) >= 11 is 0. The van der Waals surface area contributed by atoms with Gasteiger partial charge in [0.1, 0.15) is 24.2 Å². The molecule has 1 aromatic heterocycles. The molecule has 1 unspecified atom stereocenters. The first-order chi connectivity index (χ1) is 14.0. The molecular formula is C23H21NO5. The Bertz CT molecular complexity index is 1010. The van der Waals surface area contributed by atoms with E-state index in [4.69, 9.17) is 9.15 Å². The highest BCUT2D eigenvalue weighted by atomic mass is 16.5. The maximum atomic E-state index is 12.3. The smallest absolute Gasteiger partial charge is 0.407 e. The van der Waals surface area contributed by atoms with E-state index in [1.165, 1.54) is 0 Å². The molecule has 6 nitrogen and oxygen atoms in total. The van der Waals surface area contributed by atoms with Crippen LogP contribution in [0.1, 0.15) is 28.6 Å². The fourth-order valence-corrected chi connectivity index (χ4v) is 3.78. The van der Waals surface area contributed by atoms with Gasteiger partial charge in [0, 0.05) is 12.3 Å². The number of alkyl carbamates (subject to hydrolysis) is 1. The van der Waals surface area contributed by atoms with E-state index in [1.807, 2.05) is 36.4 Å². The molecular weight excluding hydrogens is 370 g/mol. The maximum absolute atomic E-state index is 12.3. The molecule has 6 heteroatoms. The lowest BCUT2D eigenvalue weighted by atomic mass is 9.98. The summed E-state index contributed by atoms with van der Waals surface area (Å²) in [7, 11) is 0. The fourth-order valence-electron chi connectivity index (χ4n) is 3.78. The Balaban J connectivity index is 1.43. The van der Waals surface area contributed by atoms with E-state index in [0.717, 1.165) is 22.3 Å². The summed E-state index contributed by atoms with van der Waals surface area (Å²) in [5.41, 5.74) is 4.46. The number of carboxylic acid groups (broad SMARTS) is 1. The van der Waals surface area contributed by atoms with E-state index in [-0.39, 0.29) is 18.9 Å². The molecule has 0 radical (unpaired) electrons. The molecule has 0 aliphatic heterocycles. The second-order valence-electron chi connectivity index (χ2n) is 7.08. The monoisotopic (exact) mass is 391 g/mol. The van der Waals surface area contributed by atoms with Crippen molar-refractivity contribution in [3.63, 3.8) is 0 Å². The zero-order chi connectivity index (χ0) is 20.4. The number of aliphatic carboxylic acids is 1. The van der Waals surface area contributed by atoms with Gasteiger partial charge in [-0.2, -0.15) is 0 Å². The quantitative estimate of drug-likeness (QED) is 0.660. The minimum absolute atomic E-state index is 0.0490. The number of benzene rings is 2. The minimum Gasteiger partial charge on any atom is -0.480 e. The van der Waals surface area contributed by atoms with Gasteiger partial charge in [0.2, 0.25) is 0 Å². The van der Waals surface area contributed by atoms with Gasteiger partial charge in [-0.1, -0.05) is 48.5 Å². The van der Waals surface area contributed by atoms with Crippen LogP contribution in [0.3, 0.4) is 0 Å². The van der Waals surface area contributed by atoms with Gasteiger partial charge in [-0.25, -0.2) is 9.59 Å². The normalized spacial score (nSPS) is 13.4. The van der Waals surface area contributed by atoms with Gasteiger partial charge >= 0.3 is 12.1 Å². The minimum atomic E-state index is -1.15. The number of carboxylic acids is 1.